The van der Waals surface area contributed by atoms with E-state index in [9.17, 15) is 19.7 Å². The summed E-state index contributed by atoms with van der Waals surface area (Å²) < 4.78 is 0. The number of carboxylic acids is 1. The maximum absolute atomic E-state index is 10.5. The summed E-state index contributed by atoms with van der Waals surface area (Å²) in [6, 6.07) is 0. The third-order valence-electron chi connectivity index (χ3n) is 1.46. The third-order valence-corrected chi connectivity index (χ3v) is 1.46. The highest BCUT2D eigenvalue weighted by molar-refractivity contribution is 5.80. The van der Waals surface area contributed by atoms with Crippen molar-refractivity contribution < 1.29 is 24.6 Å². The summed E-state index contributed by atoms with van der Waals surface area (Å²) in [5.41, 5.74) is 4.79. The lowest BCUT2D eigenvalue weighted by Crippen LogP contribution is -2.24. The van der Waals surface area contributed by atoms with Crippen LogP contribution in [0, 0.1) is 16.0 Å². The molecule has 14 heavy (non-hydrogen) atoms. The van der Waals surface area contributed by atoms with Crippen LogP contribution in [0.25, 0.3) is 0 Å². The first-order chi connectivity index (χ1) is 6.43. The number of carbonyl (C=O) groups excluding carboxylic acids is 1. The van der Waals surface area contributed by atoms with E-state index in [2.05, 4.69) is 4.84 Å². The van der Waals surface area contributed by atoms with Crippen molar-refractivity contribution in [2.45, 2.75) is 12.8 Å². The molecule has 80 valence electrons. The Morgan fingerprint density at radius 2 is 2.14 bits per heavy atom. The van der Waals surface area contributed by atoms with Gasteiger partial charge in [0.15, 0.2) is 0 Å². The Balaban J connectivity index is 3.91. The molecule has 0 bridgehead atoms. The van der Waals surface area contributed by atoms with Gasteiger partial charge in [0, 0.05) is 6.42 Å². The minimum absolute atomic E-state index is 0.126. The van der Waals surface area contributed by atoms with Crippen LogP contribution in [0.1, 0.15) is 12.8 Å². The zero-order chi connectivity index (χ0) is 11.1. The lowest BCUT2D eigenvalue weighted by molar-refractivity contribution is -0.758. The second kappa shape index (κ2) is 5.73. The van der Waals surface area contributed by atoms with Crippen LogP contribution >= 0.6 is 0 Å². The molecule has 8 nitrogen and oxygen atoms in total. The van der Waals surface area contributed by atoms with Gasteiger partial charge >= 0.3 is 5.97 Å². The summed E-state index contributed by atoms with van der Waals surface area (Å²) in [4.78, 5) is 34.5. The number of nitrogens with two attached hydrogens (primary N) is 1. The molecule has 0 aromatic heterocycles. The normalized spacial score (nSPS) is 11.7. The van der Waals surface area contributed by atoms with Gasteiger partial charge in [-0.1, -0.05) is 0 Å². The Morgan fingerprint density at radius 3 is 2.50 bits per heavy atom. The fraction of sp³-hybridized carbons (Fsp3) is 0.667. The number of carbonyl (C=O) groups is 2. The summed E-state index contributed by atoms with van der Waals surface area (Å²) in [6.07, 6.45) is -0.477. The summed E-state index contributed by atoms with van der Waals surface area (Å²) in [5, 5.41) is 17.2. The van der Waals surface area contributed by atoms with E-state index >= 15 is 0 Å². The first-order valence-electron chi connectivity index (χ1n) is 3.72. The summed E-state index contributed by atoms with van der Waals surface area (Å²) in [7, 11) is 0. The smallest absolute Gasteiger partial charge is 0.307 e. The molecule has 0 aromatic rings. The largest absolute Gasteiger partial charge is 0.481 e. The molecule has 0 aliphatic rings. The molecule has 0 aliphatic carbocycles. The quantitative estimate of drug-likeness (QED) is 0.412. The highest BCUT2D eigenvalue weighted by Gasteiger charge is 2.19. The molecule has 0 radical (unpaired) electrons. The zero-order valence-electron chi connectivity index (χ0n) is 7.21. The minimum Gasteiger partial charge on any atom is -0.481 e. The van der Waals surface area contributed by atoms with Crippen LogP contribution in [0.3, 0.4) is 0 Å². The fourth-order valence-corrected chi connectivity index (χ4v) is 0.825. The zero-order valence-corrected chi connectivity index (χ0v) is 7.21. The van der Waals surface area contributed by atoms with Crippen molar-refractivity contribution in [3.05, 3.63) is 10.1 Å². The molecule has 0 aliphatic heterocycles. The second-order valence-electron chi connectivity index (χ2n) is 2.55. The van der Waals surface area contributed by atoms with Crippen molar-refractivity contribution in [3.63, 3.8) is 0 Å². The van der Waals surface area contributed by atoms with Crippen molar-refractivity contribution in [1.82, 2.24) is 0 Å². The van der Waals surface area contributed by atoms with E-state index in [1.54, 1.807) is 0 Å². The molecule has 0 heterocycles. The van der Waals surface area contributed by atoms with Crippen molar-refractivity contribution in [2.75, 3.05) is 6.61 Å². The van der Waals surface area contributed by atoms with Crippen molar-refractivity contribution in [2.24, 2.45) is 11.7 Å². The molecular weight excluding hydrogens is 196 g/mol. The standard InChI is InChI=1S/C6H10N2O6/c7-5(9)3-4(6(10)11)1-2-14-8(12)13/h4H,1-3H2,(H2,7,9)(H,10,11). The van der Waals surface area contributed by atoms with Crippen LogP contribution in [0.15, 0.2) is 0 Å². The Bertz CT molecular complexity index is 240. The first-order valence-corrected chi connectivity index (χ1v) is 3.72. The van der Waals surface area contributed by atoms with E-state index in [4.69, 9.17) is 10.8 Å². The lowest BCUT2D eigenvalue weighted by Gasteiger charge is -2.08. The average Bonchev–Trinajstić information content (AvgIpc) is 2.00. The molecule has 0 saturated heterocycles. The number of primary amides is 1. The van der Waals surface area contributed by atoms with Crippen LogP contribution in [0.2, 0.25) is 0 Å². The molecular formula is C6H10N2O6. The number of hydrogen-bond acceptors (Lipinski definition) is 5. The summed E-state index contributed by atoms with van der Waals surface area (Å²) in [6.45, 7) is -0.364. The topological polar surface area (TPSA) is 133 Å². The molecule has 0 saturated carbocycles. The van der Waals surface area contributed by atoms with Gasteiger partial charge in [-0.15, -0.1) is 10.1 Å². The summed E-state index contributed by atoms with van der Waals surface area (Å²) >= 11 is 0. The van der Waals surface area contributed by atoms with Gasteiger partial charge in [0.2, 0.25) is 5.91 Å². The van der Waals surface area contributed by atoms with E-state index < -0.39 is 22.9 Å². The molecule has 1 amide bonds. The van der Waals surface area contributed by atoms with Crippen LogP contribution in [-0.4, -0.2) is 28.7 Å². The van der Waals surface area contributed by atoms with E-state index in [0.29, 0.717) is 0 Å². The SMILES string of the molecule is NC(=O)CC(CCO[N+](=O)[O-])C(=O)O. The van der Waals surface area contributed by atoms with Crippen LogP contribution < -0.4 is 5.73 Å². The van der Waals surface area contributed by atoms with E-state index in [1.807, 2.05) is 0 Å². The lowest BCUT2D eigenvalue weighted by atomic mass is 10.0. The maximum atomic E-state index is 10.5. The third kappa shape index (κ3) is 5.75. The van der Waals surface area contributed by atoms with Gasteiger partial charge in [0.25, 0.3) is 5.09 Å². The Labute approximate surface area is 78.7 Å². The number of rotatable bonds is 7. The Hall–Kier alpha value is -1.86. The number of aliphatic carboxylic acids is 1. The molecule has 0 rings (SSSR count). The van der Waals surface area contributed by atoms with Gasteiger partial charge in [-0.2, -0.15) is 0 Å². The van der Waals surface area contributed by atoms with Crippen LogP contribution in [-0.2, 0) is 14.4 Å². The van der Waals surface area contributed by atoms with Gasteiger partial charge in [-0.05, 0) is 6.42 Å². The Morgan fingerprint density at radius 1 is 1.57 bits per heavy atom. The van der Waals surface area contributed by atoms with E-state index in [1.165, 1.54) is 0 Å². The molecule has 0 fully saturated rings. The second-order valence-corrected chi connectivity index (χ2v) is 2.55. The molecule has 0 spiro atoms. The Kier molecular flexibility index (Phi) is 4.97. The number of nitrogens with zero attached hydrogens (tertiary/aromatic N) is 1. The fourth-order valence-electron chi connectivity index (χ4n) is 0.825. The van der Waals surface area contributed by atoms with Gasteiger partial charge in [0.05, 0.1) is 12.5 Å². The van der Waals surface area contributed by atoms with E-state index in [-0.39, 0.29) is 19.4 Å². The van der Waals surface area contributed by atoms with Crippen molar-refractivity contribution in [1.29, 1.82) is 0 Å². The first kappa shape index (κ1) is 12.1. The predicted octanol–water partition coefficient (Wildman–Crippen LogP) is -0.839. The number of amides is 1. The van der Waals surface area contributed by atoms with Gasteiger partial charge in [-0.25, -0.2) is 0 Å². The number of carboxylic acid groups (broad SMARTS) is 1. The molecule has 0 aromatic carbocycles. The average molecular weight is 206 g/mol. The van der Waals surface area contributed by atoms with Crippen LogP contribution in [0.5, 0.6) is 0 Å². The van der Waals surface area contributed by atoms with Crippen LogP contribution in [0.4, 0.5) is 0 Å². The van der Waals surface area contributed by atoms with Gasteiger partial charge < -0.3 is 15.7 Å². The number of hydrogen-bond donors (Lipinski definition) is 2. The molecule has 8 heteroatoms. The monoisotopic (exact) mass is 206 g/mol. The maximum Gasteiger partial charge on any atom is 0.307 e. The highest BCUT2D eigenvalue weighted by Crippen LogP contribution is 2.08. The van der Waals surface area contributed by atoms with Crippen molar-refractivity contribution >= 4 is 11.9 Å². The molecule has 1 unspecified atom stereocenters. The predicted molar refractivity (Wildman–Crippen MR) is 42.5 cm³/mol. The van der Waals surface area contributed by atoms with Gasteiger partial charge in [0.1, 0.15) is 0 Å². The van der Waals surface area contributed by atoms with Crippen molar-refractivity contribution in [3.8, 4) is 0 Å². The molecule has 3 N–H and O–H groups in total. The van der Waals surface area contributed by atoms with E-state index in [0.717, 1.165) is 0 Å². The highest BCUT2D eigenvalue weighted by atomic mass is 16.9. The summed E-state index contributed by atoms with van der Waals surface area (Å²) in [5.74, 6) is -3.03. The van der Waals surface area contributed by atoms with Gasteiger partial charge in [-0.3, -0.25) is 9.59 Å². The minimum atomic E-state index is -1.23. The molecule has 1 atom stereocenters.